The monoisotopic (exact) mass is 219 g/mol. The van der Waals surface area contributed by atoms with E-state index in [1.54, 1.807) is 0 Å². The predicted octanol–water partition coefficient (Wildman–Crippen LogP) is 2.90. The quantitative estimate of drug-likeness (QED) is 0.848. The van der Waals surface area contributed by atoms with Crippen molar-refractivity contribution in [1.82, 2.24) is 0 Å². The minimum Gasteiger partial charge on any atom is -0.490 e. The lowest BCUT2D eigenvalue weighted by Gasteiger charge is -2.26. The van der Waals surface area contributed by atoms with Crippen LogP contribution in [-0.4, -0.2) is 12.1 Å². The van der Waals surface area contributed by atoms with E-state index in [1.165, 1.54) is 5.56 Å². The van der Waals surface area contributed by atoms with Crippen molar-refractivity contribution in [3.8, 4) is 5.75 Å². The van der Waals surface area contributed by atoms with Gasteiger partial charge in [-0.05, 0) is 49.8 Å². The molecule has 0 spiro atoms. The van der Waals surface area contributed by atoms with Gasteiger partial charge in [-0.1, -0.05) is 19.1 Å². The highest BCUT2D eigenvalue weighted by molar-refractivity contribution is 5.27. The lowest BCUT2D eigenvalue weighted by molar-refractivity contribution is 0.147. The van der Waals surface area contributed by atoms with Crippen molar-refractivity contribution in [1.29, 1.82) is 0 Å². The predicted molar refractivity (Wildman–Crippen MR) is 66.7 cm³/mol. The van der Waals surface area contributed by atoms with Gasteiger partial charge in [-0.15, -0.1) is 0 Å². The molecular formula is C14H21NO. The maximum atomic E-state index is 5.95. The highest BCUT2D eigenvalue weighted by atomic mass is 16.5. The molecule has 0 atom stereocenters. The molecule has 2 nitrogen and oxygen atoms in total. The van der Waals surface area contributed by atoms with Gasteiger partial charge in [0, 0.05) is 6.04 Å². The van der Waals surface area contributed by atoms with Crippen molar-refractivity contribution < 1.29 is 4.74 Å². The molecule has 0 radical (unpaired) electrons. The minimum absolute atomic E-state index is 0.368. The summed E-state index contributed by atoms with van der Waals surface area (Å²) in [5, 5.41) is 0. The molecule has 1 aliphatic rings. The number of rotatable bonds is 3. The second-order valence-corrected chi connectivity index (χ2v) is 4.65. The molecule has 0 bridgehead atoms. The van der Waals surface area contributed by atoms with Crippen LogP contribution in [0.25, 0.3) is 0 Å². The summed E-state index contributed by atoms with van der Waals surface area (Å²) in [6.07, 6.45) is 5.83. The summed E-state index contributed by atoms with van der Waals surface area (Å²) in [5.74, 6) is 0.998. The first-order chi connectivity index (χ1) is 7.78. The molecule has 0 aliphatic heterocycles. The summed E-state index contributed by atoms with van der Waals surface area (Å²) < 4.78 is 5.95. The van der Waals surface area contributed by atoms with Gasteiger partial charge in [-0.25, -0.2) is 0 Å². The fourth-order valence-electron chi connectivity index (χ4n) is 2.20. The standard InChI is InChI=1S/C14H21NO/c1-2-11-3-7-13(8-4-11)16-14-9-5-12(15)6-10-14/h3-4,7-8,12,14H,2,5-6,9-10,15H2,1H3. The molecule has 1 aromatic rings. The van der Waals surface area contributed by atoms with Crippen LogP contribution in [0.5, 0.6) is 5.75 Å². The zero-order valence-electron chi connectivity index (χ0n) is 9.99. The van der Waals surface area contributed by atoms with Gasteiger partial charge >= 0.3 is 0 Å². The van der Waals surface area contributed by atoms with Gasteiger partial charge in [0.1, 0.15) is 5.75 Å². The average molecular weight is 219 g/mol. The van der Waals surface area contributed by atoms with Crippen molar-refractivity contribution in [3.63, 3.8) is 0 Å². The summed E-state index contributed by atoms with van der Waals surface area (Å²) in [6, 6.07) is 8.83. The Morgan fingerprint density at radius 2 is 1.75 bits per heavy atom. The summed E-state index contributed by atoms with van der Waals surface area (Å²) in [5.41, 5.74) is 7.23. The molecule has 1 aliphatic carbocycles. The largest absolute Gasteiger partial charge is 0.490 e. The molecule has 16 heavy (non-hydrogen) atoms. The van der Waals surface area contributed by atoms with Gasteiger partial charge in [0.05, 0.1) is 6.10 Å². The first-order valence-corrected chi connectivity index (χ1v) is 6.29. The van der Waals surface area contributed by atoms with Crippen molar-refractivity contribution in [2.75, 3.05) is 0 Å². The van der Waals surface area contributed by atoms with Crippen LogP contribution < -0.4 is 10.5 Å². The Morgan fingerprint density at radius 1 is 1.12 bits per heavy atom. The molecule has 0 aromatic heterocycles. The third-order valence-corrected chi connectivity index (χ3v) is 3.35. The Kier molecular flexibility index (Phi) is 3.83. The van der Waals surface area contributed by atoms with E-state index in [0.29, 0.717) is 12.1 Å². The Morgan fingerprint density at radius 3 is 2.31 bits per heavy atom. The molecule has 2 heteroatoms. The van der Waals surface area contributed by atoms with E-state index in [4.69, 9.17) is 10.5 Å². The Labute approximate surface area is 97.8 Å². The Hall–Kier alpha value is -1.02. The summed E-state index contributed by atoms with van der Waals surface area (Å²) in [7, 11) is 0. The molecule has 1 aromatic carbocycles. The van der Waals surface area contributed by atoms with Crippen LogP contribution in [0.15, 0.2) is 24.3 Å². The summed E-state index contributed by atoms with van der Waals surface area (Å²) >= 11 is 0. The highest BCUT2D eigenvalue weighted by Crippen LogP contribution is 2.23. The third kappa shape index (κ3) is 2.99. The van der Waals surface area contributed by atoms with Crippen molar-refractivity contribution in [2.45, 2.75) is 51.2 Å². The zero-order chi connectivity index (χ0) is 11.4. The number of nitrogens with two attached hydrogens (primary N) is 1. The van der Waals surface area contributed by atoms with Crippen LogP contribution in [0.1, 0.15) is 38.2 Å². The maximum Gasteiger partial charge on any atom is 0.119 e. The van der Waals surface area contributed by atoms with Crippen LogP contribution in [0.3, 0.4) is 0 Å². The van der Waals surface area contributed by atoms with E-state index in [9.17, 15) is 0 Å². The second kappa shape index (κ2) is 5.35. The Bertz CT molecular complexity index is 312. The number of aryl methyl sites for hydroxylation is 1. The number of hydrogen-bond acceptors (Lipinski definition) is 2. The molecule has 2 rings (SSSR count). The highest BCUT2D eigenvalue weighted by Gasteiger charge is 2.19. The maximum absolute atomic E-state index is 5.95. The van der Waals surface area contributed by atoms with E-state index >= 15 is 0 Å². The lowest BCUT2D eigenvalue weighted by Crippen LogP contribution is -2.31. The lowest BCUT2D eigenvalue weighted by atomic mass is 9.94. The SMILES string of the molecule is CCc1ccc(OC2CCC(N)CC2)cc1. The summed E-state index contributed by atoms with van der Waals surface area (Å²) in [4.78, 5) is 0. The number of ether oxygens (including phenoxy) is 1. The zero-order valence-corrected chi connectivity index (χ0v) is 9.99. The van der Waals surface area contributed by atoms with Crippen LogP contribution in [0.4, 0.5) is 0 Å². The number of hydrogen-bond donors (Lipinski definition) is 1. The Balaban J connectivity index is 1.88. The third-order valence-electron chi connectivity index (χ3n) is 3.35. The fraction of sp³-hybridized carbons (Fsp3) is 0.571. The molecule has 1 fully saturated rings. The first kappa shape index (κ1) is 11.5. The first-order valence-electron chi connectivity index (χ1n) is 6.29. The second-order valence-electron chi connectivity index (χ2n) is 4.65. The van der Waals surface area contributed by atoms with Gasteiger partial charge < -0.3 is 10.5 Å². The molecule has 88 valence electrons. The van der Waals surface area contributed by atoms with E-state index in [0.717, 1.165) is 37.9 Å². The van der Waals surface area contributed by atoms with E-state index in [-0.39, 0.29) is 0 Å². The molecular weight excluding hydrogens is 198 g/mol. The molecule has 0 heterocycles. The molecule has 0 amide bonds. The van der Waals surface area contributed by atoms with Crippen LogP contribution in [0, 0.1) is 0 Å². The van der Waals surface area contributed by atoms with Crippen LogP contribution in [0.2, 0.25) is 0 Å². The fourth-order valence-corrected chi connectivity index (χ4v) is 2.20. The summed E-state index contributed by atoms with van der Waals surface area (Å²) in [6.45, 7) is 2.17. The van der Waals surface area contributed by atoms with Gasteiger partial charge in [-0.3, -0.25) is 0 Å². The number of benzene rings is 1. The van der Waals surface area contributed by atoms with Crippen molar-refractivity contribution in [2.24, 2.45) is 5.73 Å². The van der Waals surface area contributed by atoms with E-state index in [2.05, 4.69) is 31.2 Å². The molecule has 2 N–H and O–H groups in total. The molecule has 0 saturated heterocycles. The minimum atomic E-state index is 0.368. The van der Waals surface area contributed by atoms with Gasteiger partial charge in [0.25, 0.3) is 0 Å². The van der Waals surface area contributed by atoms with E-state index in [1.807, 2.05) is 0 Å². The smallest absolute Gasteiger partial charge is 0.119 e. The van der Waals surface area contributed by atoms with Crippen molar-refractivity contribution >= 4 is 0 Å². The molecule has 0 unspecified atom stereocenters. The topological polar surface area (TPSA) is 35.2 Å². The normalized spacial score (nSPS) is 25.4. The van der Waals surface area contributed by atoms with Crippen LogP contribution in [-0.2, 0) is 6.42 Å². The van der Waals surface area contributed by atoms with E-state index < -0.39 is 0 Å². The van der Waals surface area contributed by atoms with Crippen LogP contribution >= 0.6 is 0 Å². The van der Waals surface area contributed by atoms with Gasteiger partial charge in [0.15, 0.2) is 0 Å². The van der Waals surface area contributed by atoms with Crippen molar-refractivity contribution in [3.05, 3.63) is 29.8 Å². The average Bonchev–Trinajstić information content (AvgIpc) is 2.33. The van der Waals surface area contributed by atoms with Gasteiger partial charge in [0.2, 0.25) is 0 Å². The van der Waals surface area contributed by atoms with Gasteiger partial charge in [-0.2, -0.15) is 0 Å². The molecule has 1 saturated carbocycles.